The van der Waals surface area contributed by atoms with Crippen molar-refractivity contribution in [2.45, 2.75) is 26.3 Å². The normalized spacial score (nSPS) is 15.9. The van der Waals surface area contributed by atoms with Crippen LogP contribution in [0, 0.1) is 13.8 Å². The molecular weight excluding hydrogens is 392 g/mol. The first-order chi connectivity index (χ1) is 14.9. The summed E-state index contributed by atoms with van der Waals surface area (Å²) < 4.78 is 1.90. The number of aromatic amines is 1. The molecule has 4 aromatic heterocycles. The number of aromatic nitrogens is 6. The van der Waals surface area contributed by atoms with E-state index in [1.54, 1.807) is 26.6 Å². The Kier molecular flexibility index (Phi) is 4.46. The van der Waals surface area contributed by atoms with Crippen LogP contribution in [0.15, 0.2) is 36.9 Å². The minimum Gasteiger partial charge on any atom is -0.348 e. The number of hydrogen-bond acceptors (Lipinski definition) is 6. The standard InChI is InChI=1S/C22H24N8O/c1-13-6-5-8-30-18(13)10-17(27-30)20-19-16(24-12-25-19)7-9-29(20)22-23-11-15(14(2)26-22)21(31)28(3)4/h5-6,8,10-12,20H,7,9H2,1-4H3,(H,24,25)/t20-/m1/s1. The molecule has 0 aromatic carbocycles. The zero-order valence-corrected chi connectivity index (χ0v) is 18.0. The van der Waals surface area contributed by atoms with Crippen LogP contribution in [0.25, 0.3) is 5.52 Å². The molecule has 1 aliphatic rings. The second kappa shape index (κ2) is 7.19. The molecule has 0 aliphatic carbocycles. The highest BCUT2D eigenvalue weighted by Crippen LogP contribution is 2.35. The van der Waals surface area contributed by atoms with Gasteiger partial charge < -0.3 is 14.8 Å². The van der Waals surface area contributed by atoms with Gasteiger partial charge >= 0.3 is 0 Å². The number of hydrogen-bond donors (Lipinski definition) is 1. The maximum Gasteiger partial charge on any atom is 0.256 e. The molecule has 5 heterocycles. The topological polar surface area (TPSA) is 95.3 Å². The summed E-state index contributed by atoms with van der Waals surface area (Å²) in [7, 11) is 3.45. The number of pyridine rings is 1. The number of aryl methyl sites for hydroxylation is 2. The lowest BCUT2D eigenvalue weighted by atomic mass is 10.00. The Hall–Kier alpha value is -3.75. The predicted octanol–water partition coefficient (Wildman–Crippen LogP) is 2.32. The van der Waals surface area contributed by atoms with E-state index in [1.807, 2.05) is 23.7 Å². The second-order valence-corrected chi connectivity index (χ2v) is 8.07. The number of carbonyl (C=O) groups is 1. The highest BCUT2D eigenvalue weighted by atomic mass is 16.2. The molecule has 0 saturated carbocycles. The molecule has 0 bridgehead atoms. The van der Waals surface area contributed by atoms with E-state index in [9.17, 15) is 4.79 Å². The summed E-state index contributed by atoms with van der Waals surface area (Å²) in [5, 5.41) is 4.85. The number of anilines is 1. The molecule has 1 N–H and O–H groups in total. The molecule has 31 heavy (non-hydrogen) atoms. The van der Waals surface area contributed by atoms with Gasteiger partial charge in [0, 0.05) is 45.1 Å². The number of H-pyrrole nitrogens is 1. The SMILES string of the molecule is Cc1nc(N2CCc3[nH]cnc3[C@H]2c2cc3c(C)cccn3n2)ncc1C(=O)N(C)C. The summed E-state index contributed by atoms with van der Waals surface area (Å²) in [5.74, 6) is 0.463. The van der Waals surface area contributed by atoms with Crippen LogP contribution in [0.2, 0.25) is 0 Å². The molecule has 1 aliphatic heterocycles. The first-order valence-corrected chi connectivity index (χ1v) is 10.2. The molecule has 0 unspecified atom stereocenters. The average Bonchev–Trinajstić information content (AvgIpc) is 3.40. The number of nitrogens with one attached hydrogen (secondary N) is 1. The molecule has 1 amide bonds. The van der Waals surface area contributed by atoms with Gasteiger partial charge in [-0.1, -0.05) is 6.07 Å². The summed E-state index contributed by atoms with van der Waals surface area (Å²) >= 11 is 0. The van der Waals surface area contributed by atoms with Crippen molar-refractivity contribution in [3.63, 3.8) is 0 Å². The zero-order chi connectivity index (χ0) is 21.7. The van der Waals surface area contributed by atoms with Gasteiger partial charge in [-0.15, -0.1) is 0 Å². The van der Waals surface area contributed by atoms with E-state index in [-0.39, 0.29) is 11.9 Å². The molecule has 4 aromatic rings. The highest BCUT2D eigenvalue weighted by molar-refractivity contribution is 5.94. The van der Waals surface area contributed by atoms with Crippen molar-refractivity contribution in [1.82, 2.24) is 34.4 Å². The Morgan fingerprint density at radius 1 is 1.26 bits per heavy atom. The molecule has 1 atom stereocenters. The van der Waals surface area contributed by atoms with Gasteiger partial charge in [-0.25, -0.2) is 19.5 Å². The third kappa shape index (κ3) is 3.13. The quantitative estimate of drug-likeness (QED) is 0.551. The minimum atomic E-state index is -0.218. The van der Waals surface area contributed by atoms with Crippen LogP contribution in [0.5, 0.6) is 0 Å². The Labute approximate surface area is 179 Å². The maximum atomic E-state index is 12.4. The molecule has 0 fully saturated rings. The number of nitrogens with zero attached hydrogens (tertiary/aromatic N) is 7. The Bertz CT molecular complexity index is 1290. The lowest BCUT2D eigenvalue weighted by Crippen LogP contribution is -2.38. The van der Waals surface area contributed by atoms with Crippen molar-refractivity contribution in [1.29, 1.82) is 0 Å². The lowest BCUT2D eigenvalue weighted by molar-refractivity contribution is 0.0826. The fourth-order valence-corrected chi connectivity index (χ4v) is 4.15. The van der Waals surface area contributed by atoms with Crippen molar-refractivity contribution in [2.75, 3.05) is 25.5 Å². The van der Waals surface area contributed by atoms with Crippen molar-refractivity contribution < 1.29 is 4.79 Å². The van der Waals surface area contributed by atoms with E-state index in [4.69, 9.17) is 10.1 Å². The summed E-state index contributed by atoms with van der Waals surface area (Å²) in [6.07, 6.45) is 6.10. The zero-order valence-electron chi connectivity index (χ0n) is 18.0. The third-order valence-corrected chi connectivity index (χ3v) is 5.80. The van der Waals surface area contributed by atoms with Crippen LogP contribution >= 0.6 is 0 Å². The van der Waals surface area contributed by atoms with Gasteiger partial charge in [-0.2, -0.15) is 5.10 Å². The van der Waals surface area contributed by atoms with E-state index in [1.165, 1.54) is 4.90 Å². The third-order valence-electron chi connectivity index (χ3n) is 5.80. The molecule has 0 spiro atoms. The number of amides is 1. The van der Waals surface area contributed by atoms with Crippen molar-refractivity contribution in [3.8, 4) is 0 Å². The van der Waals surface area contributed by atoms with Gasteiger partial charge in [0.05, 0.1) is 34.5 Å². The summed E-state index contributed by atoms with van der Waals surface area (Å²) in [6.45, 7) is 4.63. The molecule has 9 heteroatoms. The van der Waals surface area contributed by atoms with E-state index < -0.39 is 0 Å². The van der Waals surface area contributed by atoms with Gasteiger partial charge in [0.25, 0.3) is 5.91 Å². The molecule has 0 saturated heterocycles. The van der Waals surface area contributed by atoms with Crippen molar-refractivity contribution in [3.05, 3.63) is 70.8 Å². The Morgan fingerprint density at radius 2 is 2.10 bits per heavy atom. The largest absolute Gasteiger partial charge is 0.348 e. The molecule has 5 rings (SSSR count). The summed E-state index contributed by atoms with van der Waals surface area (Å²) in [6, 6.07) is 5.95. The molecule has 158 valence electrons. The number of imidazole rings is 1. The fraction of sp³-hybridized carbons (Fsp3) is 0.318. The Morgan fingerprint density at radius 3 is 2.84 bits per heavy atom. The molecule has 0 radical (unpaired) electrons. The van der Waals surface area contributed by atoms with Crippen molar-refractivity contribution >= 4 is 17.4 Å². The maximum absolute atomic E-state index is 12.4. The van der Waals surface area contributed by atoms with Crippen molar-refractivity contribution in [2.24, 2.45) is 0 Å². The minimum absolute atomic E-state index is 0.107. The monoisotopic (exact) mass is 416 g/mol. The smallest absolute Gasteiger partial charge is 0.256 e. The van der Waals surface area contributed by atoms with Crippen LogP contribution in [-0.2, 0) is 6.42 Å². The molecular formula is C22H24N8O. The van der Waals surface area contributed by atoms with Gasteiger partial charge in [-0.3, -0.25) is 4.79 Å². The van der Waals surface area contributed by atoms with Gasteiger partial charge in [0.15, 0.2) is 0 Å². The summed E-state index contributed by atoms with van der Waals surface area (Å²) in [4.78, 5) is 33.2. The fourth-order valence-electron chi connectivity index (χ4n) is 4.15. The van der Waals surface area contributed by atoms with Gasteiger partial charge in [-0.05, 0) is 31.5 Å². The lowest BCUT2D eigenvalue weighted by Gasteiger charge is -2.34. The number of rotatable bonds is 3. The number of carbonyl (C=O) groups excluding carboxylic acids is 1. The van der Waals surface area contributed by atoms with E-state index in [2.05, 4.69) is 38.9 Å². The van der Waals surface area contributed by atoms with Crippen LogP contribution in [0.3, 0.4) is 0 Å². The average molecular weight is 416 g/mol. The summed E-state index contributed by atoms with van der Waals surface area (Å²) in [5.41, 5.74) is 6.30. The Balaban J connectivity index is 1.61. The first-order valence-electron chi connectivity index (χ1n) is 10.2. The highest BCUT2D eigenvalue weighted by Gasteiger charge is 2.35. The van der Waals surface area contributed by atoms with E-state index in [0.29, 0.717) is 23.8 Å². The van der Waals surface area contributed by atoms with E-state index >= 15 is 0 Å². The van der Waals surface area contributed by atoms with Gasteiger partial charge in [0.1, 0.15) is 6.04 Å². The van der Waals surface area contributed by atoms with Crippen LogP contribution in [-0.4, -0.2) is 61.0 Å². The predicted molar refractivity (Wildman–Crippen MR) is 116 cm³/mol. The van der Waals surface area contributed by atoms with Crippen LogP contribution < -0.4 is 4.90 Å². The number of fused-ring (bicyclic) bond motifs is 2. The second-order valence-electron chi connectivity index (χ2n) is 8.07. The van der Waals surface area contributed by atoms with Gasteiger partial charge in [0.2, 0.25) is 5.95 Å². The molecule has 9 nitrogen and oxygen atoms in total. The van der Waals surface area contributed by atoms with Crippen LogP contribution in [0.4, 0.5) is 5.95 Å². The van der Waals surface area contributed by atoms with E-state index in [0.717, 1.165) is 34.6 Å². The van der Waals surface area contributed by atoms with Crippen LogP contribution in [0.1, 0.15) is 44.7 Å². The first kappa shape index (κ1) is 19.2.